The monoisotopic (exact) mass is 246 g/mol. The molecule has 1 N–H and O–H groups in total. The van der Waals surface area contributed by atoms with Crippen molar-refractivity contribution >= 4 is 0 Å². The van der Waals surface area contributed by atoms with E-state index in [0.29, 0.717) is 5.92 Å². The van der Waals surface area contributed by atoms with Gasteiger partial charge in [-0.25, -0.2) is 0 Å². The van der Waals surface area contributed by atoms with Crippen LogP contribution in [0.15, 0.2) is 24.3 Å². The average molecular weight is 246 g/mol. The zero-order valence-electron chi connectivity index (χ0n) is 12.1. The Morgan fingerprint density at radius 3 is 2.00 bits per heavy atom. The van der Waals surface area contributed by atoms with Crippen molar-refractivity contribution in [2.24, 2.45) is 17.8 Å². The van der Waals surface area contributed by atoms with Crippen LogP contribution in [0.5, 0.6) is 0 Å². The van der Waals surface area contributed by atoms with E-state index in [0.717, 1.165) is 30.2 Å². The highest BCUT2D eigenvalue weighted by atomic mass is 16.3. The molecule has 0 amide bonds. The van der Waals surface area contributed by atoms with Crippen molar-refractivity contribution in [2.75, 3.05) is 0 Å². The van der Waals surface area contributed by atoms with Crippen LogP contribution in [0.3, 0.4) is 0 Å². The second-order valence-electron chi connectivity index (χ2n) is 6.63. The van der Waals surface area contributed by atoms with E-state index in [1.165, 1.54) is 12.0 Å². The topological polar surface area (TPSA) is 20.2 Å². The summed E-state index contributed by atoms with van der Waals surface area (Å²) in [5.41, 5.74) is 1.63. The van der Waals surface area contributed by atoms with Gasteiger partial charge in [-0.3, -0.25) is 0 Å². The van der Waals surface area contributed by atoms with Crippen molar-refractivity contribution in [3.63, 3.8) is 0 Å². The van der Waals surface area contributed by atoms with E-state index in [9.17, 15) is 5.11 Å². The Hall–Kier alpha value is -0.820. The largest absolute Gasteiger partial charge is 0.385 e. The first-order valence-electron chi connectivity index (χ1n) is 7.19. The molecule has 2 rings (SSSR count). The summed E-state index contributed by atoms with van der Waals surface area (Å²) in [6.45, 7) is 8.71. The van der Waals surface area contributed by atoms with Crippen molar-refractivity contribution in [3.05, 3.63) is 35.4 Å². The summed E-state index contributed by atoms with van der Waals surface area (Å²) in [7, 11) is 0. The molecular formula is C17H26O. The highest BCUT2D eigenvalue weighted by Gasteiger charge is 2.38. The summed E-state index contributed by atoms with van der Waals surface area (Å²) in [5.74, 6) is 1.85. The molecule has 100 valence electrons. The van der Waals surface area contributed by atoms with Gasteiger partial charge in [-0.2, -0.15) is 0 Å². The van der Waals surface area contributed by atoms with Gasteiger partial charge in [-0.1, -0.05) is 43.7 Å². The predicted octanol–water partition coefficient (Wildman–Crippen LogP) is 4.27. The van der Waals surface area contributed by atoms with Crippen molar-refractivity contribution in [3.8, 4) is 0 Å². The van der Waals surface area contributed by atoms with Gasteiger partial charge in [0.15, 0.2) is 0 Å². The van der Waals surface area contributed by atoms with Crippen LogP contribution in [0.1, 0.15) is 51.2 Å². The lowest BCUT2D eigenvalue weighted by atomic mass is 9.68. The first kappa shape index (κ1) is 13.6. The summed E-state index contributed by atoms with van der Waals surface area (Å²) < 4.78 is 0. The van der Waals surface area contributed by atoms with Crippen LogP contribution in [-0.2, 0) is 5.60 Å². The standard InChI is InChI=1S/C17H26O/c1-12-5-7-15(8-6-12)17(4,18)16-10-13(2)9-14(3)11-16/h5-8,13-14,16,18H,9-11H2,1-4H3. The fourth-order valence-electron chi connectivity index (χ4n) is 3.53. The first-order valence-corrected chi connectivity index (χ1v) is 7.19. The van der Waals surface area contributed by atoms with Crippen LogP contribution in [0.25, 0.3) is 0 Å². The third kappa shape index (κ3) is 2.77. The van der Waals surface area contributed by atoms with Crippen molar-refractivity contribution in [1.29, 1.82) is 0 Å². The molecule has 1 aromatic carbocycles. The minimum absolute atomic E-state index is 0.388. The zero-order chi connectivity index (χ0) is 13.3. The van der Waals surface area contributed by atoms with Crippen molar-refractivity contribution < 1.29 is 5.11 Å². The zero-order valence-corrected chi connectivity index (χ0v) is 12.1. The molecule has 0 radical (unpaired) electrons. The fraction of sp³-hybridized carbons (Fsp3) is 0.647. The van der Waals surface area contributed by atoms with Gasteiger partial charge in [-0.05, 0) is 56.4 Å². The van der Waals surface area contributed by atoms with Gasteiger partial charge in [0, 0.05) is 0 Å². The Kier molecular flexibility index (Phi) is 3.82. The molecule has 1 saturated carbocycles. The van der Waals surface area contributed by atoms with Crippen LogP contribution in [0, 0.1) is 24.7 Å². The molecule has 0 aliphatic heterocycles. The van der Waals surface area contributed by atoms with Gasteiger partial charge in [-0.15, -0.1) is 0 Å². The van der Waals surface area contributed by atoms with E-state index >= 15 is 0 Å². The van der Waals surface area contributed by atoms with Crippen LogP contribution in [0.2, 0.25) is 0 Å². The van der Waals surface area contributed by atoms with E-state index in [1.54, 1.807) is 0 Å². The Morgan fingerprint density at radius 2 is 1.50 bits per heavy atom. The number of hydrogen-bond donors (Lipinski definition) is 1. The van der Waals surface area contributed by atoms with E-state index in [-0.39, 0.29) is 0 Å². The Labute approximate surface area is 111 Å². The quantitative estimate of drug-likeness (QED) is 0.826. The third-order valence-corrected chi connectivity index (χ3v) is 4.61. The minimum Gasteiger partial charge on any atom is -0.385 e. The minimum atomic E-state index is -0.684. The molecule has 1 fully saturated rings. The normalized spacial score (nSPS) is 31.9. The molecule has 1 heteroatoms. The summed E-state index contributed by atoms with van der Waals surface area (Å²) in [6, 6.07) is 8.36. The number of hydrogen-bond acceptors (Lipinski definition) is 1. The first-order chi connectivity index (χ1) is 8.39. The molecule has 1 nitrogen and oxygen atoms in total. The van der Waals surface area contributed by atoms with E-state index < -0.39 is 5.60 Å². The predicted molar refractivity (Wildman–Crippen MR) is 76.4 cm³/mol. The Bertz CT molecular complexity index is 381. The van der Waals surface area contributed by atoms with Gasteiger partial charge in [0.2, 0.25) is 0 Å². The fourth-order valence-corrected chi connectivity index (χ4v) is 3.53. The summed E-state index contributed by atoms with van der Waals surface area (Å²) in [4.78, 5) is 0. The highest BCUT2D eigenvalue weighted by Crippen LogP contribution is 2.43. The van der Waals surface area contributed by atoms with Gasteiger partial charge in [0.25, 0.3) is 0 Å². The smallest absolute Gasteiger partial charge is 0.0896 e. The van der Waals surface area contributed by atoms with Gasteiger partial charge in [0.1, 0.15) is 0 Å². The number of rotatable bonds is 2. The lowest BCUT2D eigenvalue weighted by molar-refractivity contribution is -0.0387. The lowest BCUT2D eigenvalue weighted by Crippen LogP contribution is -2.37. The van der Waals surface area contributed by atoms with Crippen molar-refractivity contribution in [2.45, 2.75) is 52.6 Å². The molecule has 0 spiro atoms. The van der Waals surface area contributed by atoms with E-state index in [4.69, 9.17) is 0 Å². The molecule has 1 aliphatic carbocycles. The number of aryl methyl sites for hydroxylation is 1. The second-order valence-corrected chi connectivity index (χ2v) is 6.63. The van der Waals surface area contributed by atoms with Crippen LogP contribution >= 0.6 is 0 Å². The van der Waals surface area contributed by atoms with Crippen molar-refractivity contribution in [1.82, 2.24) is 0 Å². The Balaban J connectivity index is 2.21. The van der Waals surface area contributed by atoms with E-state index in [1.807, 2.05) is 6.92 Å². The maximum absolute atomic E-state index is 10.9. The molecule has 3 unspecified atom stereocenters. The summed E-state index contributed by atoms with van der Waals surface area (Å²) in [6.07, 6.45) is 3.59. The molecule has 0 saturated heterocycles. The molecule has 1 aromatic rings. The van der Waals surface area contributed by atoms with Gasteiger partial charge < -0.3 is 5.11 Å². The Morgan fingerprint density at radius 1 is 1.00 bits per heavy atom. The lowest BCUT2D eigenvalue weighted by Gasteiger charge is -2.40. The van der Waals surface area contributed by atoms with Gasteiger partial charge in [0.05, 0.1) is 5.60 Å². The summed E-state index contributed by atoms with van der Waals surface area (Å²) in [5, 5.41) is 10.9. The number of benzene rings is 1. The molecule has 0 heterocycles. The molecule has 3 atom stereocenters. The maximum Gasteiger partial charge on any atom is 0.0896 e. The van der Waals surface area contributed by atoms with E-state index in [2.05, 4.69) is 45.0 Å². The SMILES string of the molecule is Cc1ccc(C(C)(O)C2CC(C)CC(C)C2)cc1. The summed E-state index contributed by atoms with van der Waals surface area (Å²) >= 11 is 0. The molecule has 0 aromatic heterocycles. The third-order valence-electron chi connectivity index (χ3n) is 4.61. The molecular weight excluding hydrogens is 220 g/mol. The number of aliphatic hydroxyl groups is 1. The highest BCUT2D eigenvalue weighted by molar-refractivity contribution is 5.26. The average Bonchev–Trinajstić information content (AvgIpc) is 2.28. The maximum atomic E-state index is 10.9. The van der Waals surface area contributed by atoms with Gasteiger partial charge >= 0.3 is 0 Å². The second kappa shape index (κ2) is 5.05. The molecule has 18 heavy (non-hydrogen) atoms. The molecule has 0 bridgehead atoms. The van der Waals surface area contributed by atoms with Crippen LogP contribution in [-0.4, -0.2) is 5.11 Å². The molecule has 1 aliphatic rings. The van der Waals surface area contributed by atoms with Crippen LogP contribution in [0.4, 0.5) is 0 Å². The van der Waals surface area contributed by atoms with Crippen LogP contribution < -0.4 is 0 Å².